The van der Waals surface area contributed by atoms with Crippen LogP contribution in [0.25, 0.3) is 0 Å². The quantitative estimate of drug-likeness (QED) is 0.405. The first-order valence-electron chi connectivity index (χ1n) is 3.45. The van der Waals surface area contributed by atoms with Gasteiger partial charge in [0.25, 0.3) is 0 Å². The maximum atomic E-state index is 7.48. The van der Waals surface area contributed by atoms with Gasteiger partial charge in [-0.3, -0.25) is 0 Å². The zero-order valence-corrected chi connectivity index (χ0v) is 7.01. The van der Waals surface area contributed by atoms with E-state index >= 15 is 0 Å². The van der Waals surface area contributed by atoms with Crippen molar-refractivity contribution in [3.8, 4) is 12.4 Å². The van der Waals surface area contributed by atoms with Crippen molar-refractivity contribution in [1.29, 1.82) is 10.5 Å². The number of allylic oxidation sites excluding steroid dienone is 1. The summed E-state index contributed by atoms with van der Waals surface area (Å²) >= 11 is 0. The molecule has 5 nitrogen and oxygen atoms in total. The number of nitrogens with one attached hydrogen (secondary N) is 1. The van der Waals surface area contributed by atoms with Gasteiger partial charge in [-0.15, -0.1) is 6.58 Å². The number of hydrogen-bond acceptors (Lipinski definition) is 4. The van der Waals surface area contributed by atoms with Crippen molar-refractivity contribution in [1.82, 2.24) is 14.9 Å². The van der Waals surface area contributed by atoms with E-state index in [-0.39, 0.29) is 0 Å². The molecule has 0 aliphatic rings. The van der Waals surface area contributed by atoms with E-state index in [2.05, 4.69) is 11.6 Å². The summed E-state index contributed by atoms with van der Waals surface area (Å²) in [6.07, 6.45) is 10.1. The Labute approximate surface area is 76.5 Å². The smallest absolute Gasteiger partial charge is 0.190 e. The average Bonchev–Trinajstić information content (AvgIpc) is 2.60. The largest absolute Gasteiger partial charge is 0.334 e. The lowest BCUT2D eigenvalue weighted by molar-refractivity contribution is 0.822. The molecule has 0 aliphatic carbocycles. The highest BCUT2D eigenvalue weighted by Crippen LogP contribution is 1.83. The average molecular weight is 175 g/mol. The number of imidazole rings is 1. The van der Waals surface area contributed by atoms with Crippen molar-refractivity contribution < 1.29 is 0 Å². The second kappa shape index (κ2) is 7.83. The molecular formula is C8H9N5. The van der Waals surface area contributed by atoms with E-state index in [1.54, 1.807) is 17.8 Å². The number of nitrogens with zero attached hydrogens (tertiary/aromatic N) is 4. The molecule has 66 valence electrons. The minimum absolute atomic E-state index is 0.847. The van der Waals surface area contributed by atoms with E-state index in [0.717, 1.165) is 6.54 Å². The Morgan fingerprint density at radius 3 is 2.54 bits per heavy atom. The Hall–Kier alpha value is -2.27. The zero-order valence-electron chi connectivity index (χ0n) is 7.01. The fourth-order valence-electron chi connectivity index (χ4n) is 0.569. The van der Waals surface area contributed by atoms with Crippen LogP contribution < -0.4 is 5.32 Å². The SMILES string of the molecule is C=CCn1ccnc1.N#CNC#N. The highest BCUT2D eigenvalue weighted by Gasteiger charge is 1.79. The van der Waals surface area contributed by atoms with Crippen LogP contribution in [0.5, 0.6) is 0 Å². The third kappa shape index (κ3) is 6.14. The topological polar surface area (TPSA) is 77.4 Å². The van der Waals surface area contributed by atoms with Crippen molar-refractivity contribution in [3.63, 3.8) is 0 Å². The summed E-state index contributed by atoms with van der Waals surface area (Å²) in [5, 5.41) is 16.7. The molecule has 0 atom stereocenters. The van der Waals surface area contributed by atoms with E-state index in [4.69, 9.17) is 10.5 Å². The summed E-state index contributed by atoms with van der Waals surface area (Å²) in [4.78, 5) is 3.86. The first-order chi connectivity index (χ1) is 6.35. The van der Waals surface area contributed by atoms with Gasteiger partial charge < -0.3 is 4.57 Å². The normalized spacial score (nSPS) is 6.92. The van der Waals surface area contributed by atoms with Crippen LogP contribution in [0.4, 0.5) is 0 Å². The lowest BCUT2D eigenvalue weighted by atomic mass is 10.6. The van der Waals surface area contributed by atoms with Crippen LogP contribution in [-0.4, -0.2) is 9.55 Å². The second-order valence-corrected chi connectivity index (χ2v) is 1.90. The molecule has 1 aromatic heterocycles. The summed E-state index contributed by atoms with van der Waals surface area (Å²) in [6.45, 7) is 4.43. The van der Waals surface area contributed by atoms with Crippen LogP contribution in [0.15, 0.2) is 31.4 Å². The van der Waals surface area contributed by atoms with Gasteiger partial charge in [-0.25, -0.2) is 10.3 Å². The number of hydrogen-bond donors (Lipinski definition) is 1. The maximum absolute atomic E-state index is 7.48. The predicted octanol–water partition coefficient (Wildman–Crippen LogP) is 0.607. The van der Waals surface area contributed by atoms with Crippen molar-refractivity contribution in [2.45, 2.75) is 6.54 Å². The Morgan fingerprint density at radius 1 is 1.54 bits per heavy atom. The molecule has 1 rings (SSSR count). The Balaban J connectivity index is 0.000000252. The minimum atomic E-state index is 0.847. The summed E-state index contributed by atoms with van der Waals surface area (Å²) in [7, 11) is 0. The molecule has 0 aromatic carbocycles. The molecule has 0 fully saturated rings. The molecular weight excluding hydrogens is 166 g/mol. The first-order valence-corrected chi connectivity index (χ1v) is 3.45. The van der Waals surface area contributed by atoms with E-state index in [1.165, 1.54) is 12.4 Å². The molecule has 1 heterocycles. The molecule has 0 radical (unpaired) electrons. The Morgan fingerprint density at radius 2 is 2.23 bits per heavy atom. The van der Waals surface area contributed by atoms with Crippen molar-refractivity contribution in [3.05, 3.63) is 31.4 Å². The van der Waals surface area contributed by atoms with Gasteiger partial charge in [0.15, 0.2) is 12.4 Å². The number of nitriles is 2. The molecule has 0 bridgehead atoms. The van der Waals surface area contributed by atoms with Crippen LogP contribution in [0.1, 0.15) is 0 Å². The third-order valence-electron chi connectivity index (χ3n) is 1.01. The molecule has 1 aromatic rings. The Bertz CT molecular complexity index is 288. The minimum Gasteiger partial charge on any atom is -0.334 e. The van der Waals surface area contributed by atoms with Gasteiger partial charge in [0.05, 0.1) is 6.33 Å². The first kappa shape index (κ1) is 10.7. The molecule has 13 heavy (non-hydrogen) atoms. The summed E-state index contributed by atoms with van der Waals surface area (Å²) in [5.41, 5.74) is 0. The van der Waals surface area contributed by atoms with E-state index in [0.29, 0.717) is 0 Å². The predicted molar refractivity (Wildman–Crippen MR) is 46.8 cm³/mol. The highest BCUT2D eigenvalue weighted by atomic mass is 15.0. The fraction of sp³-hybridized carbons (Fsp3) is 0.125. The third-order valence-corrected chi connectivity index (χ3v) is 1.01. The van der Waals surface area contributed by atoms with Crippen molar-refractivity contribution in [2.75, 3.05) is 0 Å². The molecule has 0 aliphatic heterocycles. The van der Waals surface area contributed by atoms with E-state index < -0.39 is 0 Å². The van der Waals surface area contributed by atoms with Gasteiger partial charge in [0.1, 0.15) is 0 Å². The summed E-state index contributed by atoms with van der Waals surface area (Å²) in [6, 6.07) is 0. The van der Waals surface area contributed by atoms with Gasteiger partial charge in [-0.1, -0.05) is 6.08 Å². The fourth-order valence-corrected chi connectivity index (χ4v) is 0.569. The van der Waals surface area contributed by atoms with Gasteiger partial charge in [0.2, 0.25) is 0 Å². The molecule has 0 saturated carbocycles. The van der Waals surface area contributed by atoms with E-state index in [9.17, 15) is 0 Å². The van der Waals surface area contributed by atoms with Crippen LogP contribution in [0.3, 0.4) is 0 Å². The van der Waals surface area contributed by atoms with Crippen LogP contribution in [0, 0.1) is 22.9 Å². The van der Waals surface area contributed by atoms with Crippen molar-refractivity contribution in [2.24, 2.45) is 0 Å². The molecule has 0 spiro atoms. The highest BCUT2D eigenvalue weighted by molar-refractivity contribution is 4.78. The molecule has 0 amide bonds. The molecule has 1 N–H and O–H groups in total. The number of rotatable bonds is 2. The van der Waals surface area contributed by atoms with Gasteiger partial charge >= 0.3 is 0 Å². The summed E-state index contributed by atoms with van der Waals surface area (Å²) < 4.78 is 1.95. The van der Waals surface area contributed by atoms with Crippen LogP contribution >= 0.6 is 0 Å². The van der Waals surface area contributed by atoms with Gasteiger partial charge in [-0.2, -0.15) is 10.5 Å². The standard InChI is InChI=1S/C6H8N2.C2HN3/c1-2-4-8-5-3-7-6-8;3-1-5-2-4/h2-3,5-6H,1,4H2;5H. The zero-order chi connectivity index (χ0) is 9.94. The van der Waals surface area contributed by atoms with Gasteiger partial charge in [0, 0.05) is 18.9 Å². The molecule has 0 saturated heterocycles. The maximum Gasteiger partial charge on any atom is 0.190 e. The van der Waals surface area contributed by atoms with Crippen molar-refractivity contribution >= 4 is 0 Å². The van der Waals surface area contributed by atoms with Gasteiger partial charge in [-0.05, 0) is 0 Å². The molecule has 5 heteroatoms. The monoisotopic (exact) mass is 175 g/mol. The Kier molecular flexibility index (Phi) is 6.47. The van der Waals surface area contributed by atoms with Crippen LogP contribution in [0.2, 0.25) is 0 Å². The number of aromatic nitrogens is 2. The summed E-state index contributed by atoms with van der Waals surface area (Å²) in [5.74, 6) is 0. The lowest BCUT2D eigenvalue weighted by Crippen LogP contribution is -1.88. The second-order valence-electron chi connectivity index (χ2n) is 1.90. The lowest BCUT2D eigenvalue weighted by Gasteiger charge is -1.89. The molecule has 0 unspecified atom stereocenters. The van der Waals surface area contributed by atoms with E-state index in [1.807, 2.05) is 16.8 Å². The van der Waals surface area contributed by atoms with Crippen LogP contribution in [-0.2, 0) is 6.54 Å².